The van der Waals surface area contributed by atoms with Gasteiger partial charge in [-0.05, 0) is 38.0 Å². The molecule has 0 unspecified atom stereocenters. The maximum atomic E-state index is 12.2. The number of aliphatic carboxylic acids is 1. The topological polar surface area (TPSA) is 102 Å². The average Bonchev–Trinajstić information content (AvgIpc) is 3.43. The van der Waals surface area contributed by atoms with Crippen molar-refractivity contribution in [3.05, 3.63) is 42.8 Å². The summed E-state index contributed by atoms with van der Waals surface area (Å²) in [5.74, 6) is 0.679. The Morgan fingerprint density at radius 1 is 1.33 bits per heavy atom. The molecule has 142 valence electrons. The molecule has 0 spiro atoms. The normalized spacial score (nSPS) is 17.2. The van der Waals surface area contributed by atoms with E-state index in [1.165, 1.54) is 0 Å². The van der Waals surface area contributed by atoms with E-state index in [0.29, 0.717) is 43.9 Å². The molecule has 0 aromatic carbocycles. The minimum Gasteiger partial charge on any atom is -0.479 e. The van der Waals surface area contributed by atoms with E-state index in [1.807, 2.05) is 17.7 Å². The minimum atomic E-state index is -1.04. The molecule has 1 saturated heterocycles. The third-order valence-corrected chi connectivity index (χ3v) is 5.24. The lowest BCUT2D eigenvalue weighted by atomic mass is 9.87. The van der Waals surface area contributed by atoms with Crippen molar-refractivity contribution in [3.8, 4) is 11.5 Å². The highest BCUT2D eigenvalue weighted by Crippen LogP contribution is 2.32. The van der Waals surface area contributed by atoms with E-state index < -0.39 is 11.5 Å². The number of furan rings is 1. The van der Waals surface area contributed by atoms with E-state index in [0.717, 1.165) is 12.4 Å². The molecule has 0 atom stereocenters. The molecular formula is C18H22N6O3. The quantitative estimate of drug-likeness (QED) is 0.706. The van der Waals surface area contributed by atoms with E-state index in [-0.39, 0.29) is 0 Å². The molecule has 1 N–H and O–H groups in total. The first kappa shape index (κ1) is 17.5. The van der Waals surface area contributed by atoms with Crippen LogP contribution in [0.5, 0.6) is 0 Å². The van der Waals surface area contributed by atoms with Crippen molar-refractivity contribution in [2.24, 2.45) is 0 Å². The molecule has 0 amide bonds. The molecule has 27 heavy (non-hydrogen) atoms. The average molecular weight is 370 g/mol. The molecule has 0 bridgehead atoms. The Morgan fingerprint density at radius 3 is 2.81 bits per heavy atom. The van der Waals surface area contributed by atoms with E-state index in [2.05, 4.69) is 20.1 Å². The SMILES string of the molecule is CCn1ncnc1CN1CCC(C(=O)O)(n2ccc(-c3ccco3)n2)CC1. The summed E-state index contributed by atoms with van der Waals surface area (Å²) in [5.41, 5.74) is -0.404. The van der Waals surface area contributed by atoms with Crippen molar-refractivity contribution in [1.82, 2.24) is 29.4 Å². The molecule has 0 aliphatic carbocycles. The summed E-state index contributed by atoms with van der Waals surface area (Å²) >= 11 is 0. The van der Waals surface area contributed by atoms with Crippen LogP contribution in [-0.4, -0.2) is 53.6 Å². The van der Waals surface area contributed by atoms with Crippen molar-refractivity contribution in [2.75, 3.05) is 13.1 Å². The maximum absolute atomic E-state index is 12.2. The lowest BCUT2D eigenvalue weighted by molar-refractivity contribution is -0.151. The van der Waals surface area contributed by atoms with Crippen LogP contribution >= 0.6 is 0 Å². The fourth-order valence-electron chi connectivity index (χ4n) is 3.61. The van der Waals surface area contributed by atoms with E-state index in [9.17, 15) is 9.90 Å². The highest BCUT2D eigenvalue weighted by Gasteiger charge is 2.44. The monoisotopic (exact) mass is 370 g/mol. The number of carbonyl (C=O) groups is 1. The van der Waals surface area contributed by atoms with Gasteiger partial charge in [0.05, 0.1) is 12.8 Å². The molecule has 1 aliphatic rings. The van der Waals surface area contributed by atoms with Gasteiger partial charge in [-0.1, -0.05) is 0 Å². The van der Waals surface area contributed by atoms with Gasteiger partial charge in [0.1, 0.15) is 17.8 Å². The fraction of sp³-hybridized carbons (Fsp3) is 0.444. The first-order valence-corrected chi connectivity index (χ1v) is 9.05. The molecular weight excluding hydrogens is 348 g/mol. The van der Waals surface area contributed by atoms with Crippen LogP contribution in [0.3, 0.4) is 0 Å². The molecule has 3 aromatic rings. The number of aryl methyl sites for hydroxylation is 1. The lowest BCUT2D eigenvalue weighted by Gasteiger charge is -2.38. The molecule has 0 radical (unpaired) electrons. The molecule has 0 saturated carbocycles. The summed E-state index contributed by atoms with van der Waals surface area (Å²) in [6, 6.07) is 5.39. The number of nitrogens with zero attached hydrogens (tertiary/aromatic N) is 6. The van der Waals surface area contributed by atoms with Gasteiger partial charge in [0.2, 0.25) is 0 Å². The summed E-state index contributed by atoms with van der Waals surface area (Å²) in [7, 11) is 0. The highest BCUT2D eigenvalue weighted by atomic mass is 16.4. The third kappa shape index (κ3) is 3.14. The van der Waals surface area contributed by atoms with Gasteiger partial charge in [-0.15, -0.1) is 0 Å². The van der Waals surface area contributed by atoms with Gasteiger partial charge in [0.15, 0.2) is 11.3 Å². The summed E-state index contributed by atoms with van der Waals surface area (Å²) in [4.78, 5) is 18.7. The summed E-state index contributed by atoms with van der Waals surface area (Å²) < 4.78 is 8.81. The van der Waals surface area contributed by atoms with Crippen LogP contribution in [0.15, 0.2) is 41.4 Å². The fourth-order valence-corrected chi connectivity index (χ4v) is 3.61. The van der Waals surface area contributed by atoms with Gasteiger partial charge in [-0.25, -0.2) is 14.5 Å². The molecule has 4 rings (SSSR count). The second kappa shape index (κ2) is 6.99. The van der Waals surface area contributed by atoms with Crippen LogP contribution in [0.25, 0.3) is 11.5 Å². The highest BCUT2D eigenvalue weighted by molar-refractivity contribution is 5.77. The van der Waals surface area contributed by atoms with E-state index in [4.69, 9.17) is 4.42 Å². The van der Waals surface area contributed by atoms with Crippen LogP contribution in [0.1, 0.15) is 25.6 Å². The van der Waals surface area contributed by atoms with Gasteiger partial charge < -0.3 is 9.52 Å². The Labute approximate surface area is 156 Å². The minimum absolute atomic E-state index is 0.474. The van der Waals surface area contributed by atoms with Gasteiger partial charge in [-0.3, -0.25) is 9.58 Å². The number of carboxylic acid groups (broad SMARTS) is 1. The summed E-state index contributed by atoms with van der Waals surface area (Å²) in [6.07, 6.45) is 5.82. The Kier molecular flexibility index (Phi) is 4.53. The Hall–Kier alpha value is -2.94. The summed E-state index contributed by atoms with van der Waals surface area (Å²) in [5, 5.41) is 18.7. The number of aromatic nitrogens is 5. The van der Waals surface area contributed by atoms with Crippen LogP contribution in [0, 0.1) is 0 Å². The van der Waals surface area contributed by atoms with Gasteiger partial charge >= 0.3 is 5.97 Å². The zero-order chi connectivity index (χ0) is 18.9. The van der Waals surface area contributed by atoms with Crippen molar-refractivity contribution in [1.29, 1.82) is 0 Å². The van der Waals surface area contributed by atoms with E-state index >= 15 is 0 Å². The zero-order valence-corrected chi connectivity index (χ0v) is 15.2. The second-order valence-electron chi connectivity index (χ2n) is 6.73. The largest absolute Gasteiger partial charge is 0.479 e. The van der Waals surface area contributed by atoms with Gasteiger partial charge in [-0.2, -0.15) is 10.2 Å². The van der Waals surface area contributed by atoms with E-state index in [1.54, 1.807) is 35.6 Å². The first-order chi connectivity index (χ1) is 13.1. The molecule has 9 nitrogen and oxygen atoms in total. The Balaban J connectivity index is 1.50. The van der Waals surface area contributed by atoms with Crippen LogP contribution in [0.2, 0.25) is 0 Å². The number of piperidine rings is 1. The Bertz CT molecular complexity index is 905. The van der Waals surface area contributed by atoms with Crippen molar-refractivity contribution < 1.29 is 14.3 Å². The standard InChI is InChI=1S/C18H22N6O3/c1-2-23-16(19-13-20-23)12-22-9-6-18(7-10-22,17(25)26)24-8-5-14(21-24)15-4-3-11-27-15/h3-5,8,11,13H,2,6-7,9-10,12H2,1H3,(H,25,26). The van der Waals surface area contributed by atoms with Crippen molar-refractivity contribution in [2.45, 2.75) is 38.4 Å². The number of likely N-dealkylation sites (tertiary alicyclic amines) is 1. The zero-order valence-electron chi connectivity index (χ0n) is 15.2. The first-order valence-electron chi connectivity index (χ1n) is 9.05. The van der Waals surface area contributed by atoms with Gasteiger partial charge in [0.25, 0.3) is 0 Å². The van der Waals surface area contributed by atoms with Crippen molar-refractivity contribution in [3.63, 3.8) is 0 Å². The maximum Gasteiger partial charge on any atom is 0.331 e. The molecule has 1 fully saturated rings. The lowest BCUT2D eigenvalue weighted by Crippen LogP contribution is -2.51. The molecule has 9 heteroatoms. The van der Waals surface area contributed by atoms with Crippen LogP contribution in [-0.2, 0) is 23.4 Å². The van der Waals surface area contributed by atoms with Gasteiger partial charge in [0, 0.05) is 25.8 Å². The second-order valence-corrected chi connectivity index (χ2v) is 6.73. The van der Waals surface area contributed by atoms with Crippen LogP contribution < -0.4 is 0 Å². The Morgan fingerprint density at radius 2 is 2.15 bits per heavy atom. The molecule has 3 aromatic heterocycles. The summed E-state index contributed by atoms with van der Waals surface area (Å²) in [6.45, 7) is 4.77. The van der Waals surface area contributed by atoms with Crippen LogP contribution in [0.4, 0.5) is 0 Å². The smallest absolute Gasteiger partial charge is 0.331 e. The molecule has 4 heterocycles. The predicted molar refractivity (Wildman–Crippen MR) is 95.7 cm³/mol. The number of rotatable bonds is 6. The number of hydrogen-bond acceptors (Lipinski definition) is 6. The van der Waals surface area contributed by atoms with Crippen molar-refractivity contribution >= 4 is 5.97 Å². The number of carboxylic acids is 1. The number of hydrogen-bond donors (Lipinski definition) is 1. The predicted octanol–water partition coefficient (Wildman–Crippen LogP) is 1.83. The molecule has 1 aliphatic heterocycles. The third-order valence-electron chi connectivity index (χ3n) is 5.24.